The minimum atomic E-state index is -0.0679. The molecule has 1 amide bonds. The van der Waals surface area contributed by atoms with Gasteiger partial charge >= 0.3 is 0 Å². The lowest BCUT2D eigenvalue weighted by Gasteiger charge is -2.22. The SMILES string of the molecule is CCc1cc(-c2ccc(C(=O)NC[C@H]3CCCCO3)cc2)nc(N(C)C)n1. The van der Waals surface area contributed by atoms with Crippen LogP contribution >= 0.6 is 0 Å². The minimum absolute atomic E-state index is 0.0679. The van der Waals surface area contributed by atoms with E-state index in [2.05, 4.69) is 22.2 Å². The topological polar surface area (TPSA) is 67.3 Å². The van der Waals surface area contributed by atoms with Crippen molar-refractivity contribution in [3.8, 4) is 11.3 Å². The van der Waals surface area contributed by atoms with Gasteiger partial charge in [0.1, 0.15) is 0 Å². The van der Waals surface area contributed by atoms with Crippen LogP contribution in [0.3, 0.4) is 0 Å². The first kappa shape index (κ1) is 19.3. The highest BCUT2D eigenvalue weighted by Crippen LogP contribution is 2.21. The maximum absolute atomic E-state index is 12.4. The van der Waals surface area contributed by atoms with Gasteiger partial charge in [-0.05, 0) is 43.9 Å². The average Bonchev–Trinajstić information content (AvgIpc) is 2.72. The van der Waals surface area contributed by atoms with Gasteiger partial charge in [-0.2, -0.15) is 0 Å². The van der Waals surface area contributed by atoms with Gasteiger partial charge in [0.15, 0.2) is 0 Å². The molecule has 1 aliphatic heterocycles. The van der Waals surface area contributed by atoms with E-state index in [1.807, 2.05) is 49.3 Å². The number of rotatable bonds is 6. The van der Waals surface area contributed by atoms with Crippen molar-refractivity contribution in [2.45, 2.75) is 38.7 Å². The summed E-state index contributed by atoms with van der Waals surface area (Å²) in [7, 11) is 3.87. The number of carbonyl (C=O) groups is 1. The van der Waals surface area contributed by atoms with E-state index in [1.54, 1.807) is 0 Å². The molecular formula is C21H28N4O2. The molecule has 0 bridgehead atoms. The highest BCUT2D eigenvalue weighted by Gasteiger charge is 2.15. The molecule has 0 unspecified atom stereocenters. The average molecular weight is 368 g/mol. The zero-order chi connectivity index (χ0) is 19.2. The molecule has 0 spiro atoms. The summed E-state index contributed by atoms with van der Waals surface area (Å²) in [6.45, 7) is 3.44. The molecule has 27 heavy (non-hydrogen) atoms. The molecule has 144 valence electrons. The monoisotopic (exact) mass is 368 g/mol. The molecule has 0 aliphatic carbocycles. The minimum Gasteiger partial charge on any atom is -0.376 e. The number of carbonyl (C=O) groups excluding carboxylic acids is 1. The molecule has 0 radical (unpaired) electrons. The Bertz CT molecular complexity index is 768. The Balaban J connectivity index is 1.69. The lowest BCUT2D eigenvalue weighted by molar-refractivity contribution is 0.0169. The Morgan fingerprint density at radius 1 is 1.22 bits per heavy atom. The predicted molar refractivity (Wildman–Crippen MR) is 107 cm³/mol. The number of hydrogen-bond acceptors (Lipinski definition) is 5. The van der Waals surface area contributed by atoms with Gasteiger partial charge in [-0.15, -0.1) is 0 Å². The largest absolute Gasteiger partial charge is 0.376 e. The van der Waals surface area contributed by atoms with E-state index < -0.39 is 0 Å². The van der Waals surface area contributed by atoms with Crippen molar-refractivity contribution in [1.82, 2.24) is 15.3 Å². The van der Waals surface area contributed by atoms with Gasteiger partial charge in [-0.1, -0.05) is 19.1 Å². The molecule has 1 N–H and O–H groups in total. The fourth-order valence-corrected chi connectivity index (χ4v) is 3.08. The third-order valence-corrected chi connectivity index (χ3v) is 4.74. The number of amides is 1. The molecular weight excluding hydrogens is 340 g/mol. The molecule has 1 aliphatic rings. The third kappa shape index (κ3) is 5.04. The van der Waals surface area contributed by atoms with E-state index in [-0.39, 0.29) is 12.0 Å². The van der Waals surface area contributed by atoms with Crippen molar-refractivity contribution in [2.24, 2.45) is 0 Å². The van der Waals surface area contributed by atoms with Crippen LogP contribution in [0.4, 0.5) is 5.95 Å². The lowest BCUT2D eigenvalue weighted by atomic mass is 10.1. The summed E-state index contributed by atoms with van der Waals surface area (Å²) in [4.78, 5) is 23.4. The first-order valence-corrected chi connectivity index (χ1v) is 9.62. The summed E-state index contributed by atoms with van der Waals surface area (Å²) in [5.41, 5.74) is 3.49. The summed E-state index contributed by atoms with van der Waals surface area (Å²) < 4.78 is 5.66. The molecule has 6 nitrogen and oxygen atoms in total. The van der Waals surface area contributed by atoms with Crippen LogP contribution in [0.2, 0.25) is 0 Å². The first-order chi connectivity index (χ1) is 13.1. The molecule has 1 fully saturated rings. The van der Waals surface area contributed by atoms with E-state index in [4.69, 9.17) is 4.74 Å². The van der Waals surface area contributed by atoms with Crippen molar-refractivity contribution in [3.63, 3.8) is 0 Å². The number of ether oxygens (including phenoxy) is 1. The van der Waals surface area contributed by atoms with Crippen LogP contribution in [0.25, 0.3) is 11.3 Å². The Hall–Kier alpha value is -2.47. The summed E-state index contributed by atoms with van der Waals surface area (Å²) in [5.74, 6) is 0.625. The maximum Gasteiger partial charge on any atom is 0.251 e. The number of benzene rings is 1. The predicted octanol–water partition coefficient (Wildman–Crippen LogP) is 3.07. The van der Waals surface area contributed by atoms with E-state index in [0.717, 1.165) is 42.8 Å². The Kier molecular flexibility index (Phi) is 6.40. The lowest BCUT2D eigenvalue weighted by Crippen LogP contribution is -2.35. The number of aromatic nitrogens is 2. The van der Waals surface area contributed by atoms with Gasteiger partial charge in [0.25, 0.3) is 5.91 Å². The summed E-state index contributed by atoms with van der Waals surface area (Å²) in [6.07, 6.45) is 4.29. The fraction of sp³-hybridized carbons (Fsp3) is 0.476. The highest BCUT2D eigenvalue weighted by atomic mass is 16.5. The third-order valence-electron chi connectivity index (χ3n) is 4.74. The number of aryl methyl sites for hydroxylation is 1. The normalized spacial score (nSPS) is 16.8. The van der Waals surface area contributed by atoms with Gasteiger partial charge in [0, 0.05) is 44.1 Å². The van der Waals surface area contributed by atoms with E-state index in [1.165, 1.54) is 6.42 Å². The van der Waals surface area contributed by atoms with E-state index >= 15 is 0 Å². The van der Waals surface area contributed by atoms with Crippen molar-refractivity contribution in [1.29, 1.82) is 0 Å². The number of anilines is 1. The molecule has 2 heterocycles. The van der Waals surface area contributed by atoms with Crippen molar-refractivity contribution in [2.75, 3.05) is 32.1 Å². The van der Waals surface area contributed by atoms with Crippen molar-refractivity contribution >= 4 is 11.9 Å². The number of hydrogen-bond donors (Lipinski definition) is 1. The smallest absolute Gasteiger partial charge is 0.251 e. The van der Waals surface area contributed by atoms with Crippen molar-refractivity contribution < 1.29 is 9.53 Å². The first-order valence-electron chi connectivity index (χ1n) is 9.62. The second-order valence-electron chi connectivity index (χ2n) is 7.07. The Labute approximate surface area is 161 Å². The van der Waals surface area contributed by atoms with Gasteiger partial charge in [-0.3, -0.25) is 4.79 Å². The van der Waals surface area contributed by atoms with Crippen LogP contribution in [0.1, 0.15) is 42.2 Å². The van der Waals surface area contributed by atoms with Gasteiger partial charge in [0.05, 0.1) is 11.8 Å². The van der Waals surface area contributed by atoms with Gasteiger partial charge < -0.3 is 15.0 Å². The summed E-state index contributed by atoms with van der Waals surface area (Å²) >= 11 is 0. The standard InChI is InChI=1S/C21H28N4O2/c1-4-17-13-19(24-21(23-17)25(2)3)15-8-10-16(11-9-15)20(26)22-14-18-7-5-6-12-27-18/h8-11,13,18H,4-7,12,14H2,1-3H3,(H,22,26)/t18-/m1/s1. The molecule has 1 aromatic heterocycles. The van der Waals surface area contributed by atoms with Crippen LogP contribution in [0.15, 0.2) is 30.3 Å². The van der Waals surface area contributed by atoms with E-state index in [9.17, 15) is 4.79 Å². The number of nitrogens with one attached hydrogen (secondary N) is 1. The molecule has 1 atom stereocenters. The second kappa shape index (κ2) is 8.95. The molecule has 2 aromatic rings. The maximum atomic E-state index is 12.4. The zero-order valence-corrected chi connectivity index (χ0v) is 16.4. The van der Waals surface area contributed by atoms with Crippen LogP contribution in [-0.2, 0) is 11.2 Å². The molecule has 0 saturated carbocycles. The van der Waals surface area contributed by atoms with Gasteiger partial charge in [-0.25, -0.2) is 9.97 Å². The highest BCUT2D eigenvalue weighted by molar-refractivity contribution is 5.94. The molecule has 1 aromatic carbocycles. The molecule has 6 heteroatoms. The van der Waals surface area contributed by atoms with E-state index in [0.29, 0.717) is 18.1 Å². The van der Waals surface area contributed by atoms with Crippen LogP contribution in [0, 0.1) is 0 Å². The zero-order valence-electron chi connectivity index (χ0n) is 16.4. The Morgan fingerprint density at radius 3 is 2.63 bits per heavy atom. The summed E-state index contributed by atoms with van der Waals surface area (Å²) in [5, 5.41) is 2.97. The molecule has 1 saturated heterocycles. The van der Waals surface area contributed by atoms with Crippen LogP contribution in [0.5, 0.6) is 0 Å². The Morgan fingerprint density at radius 2 is 2.00 bits per heavy atom. The van der Waals surface area contributed by atoms with Crippen LogP contribution < -0.4 is 10.2 Å². The van der Waals surface area contributed by atoms with Gasteiger partial charge in [0.2, 0.25) is 5.95 Å². The summed E-state index contributed by atoms with van der Waals surface area (Å²) in [6, 6.07) is 9.56. The number of nitrogens with zero attached hydrogens (tertiary/aromatic N) is 3. The fourth-order valence-electron chi connectivity index (χ4n) is 3.08. The quantitative estimate of drug-likeness (QED) is 0.849. The van der Waals surface area contributed by atoms with Crippen LogP contribution in [-0.4, -0.2) is 49.2 Å². The second-order valence-corrected chi connectivity index (χ2v) is 7.07. The molecule has 3 rings (SSSR count). The van der Waals surface area contributed by atoms with Crippen molar-refractivity contribution in [3.05, 3.63) is 41.6 Å².